The number of aryl methyl sites for hydroxylation is 2. The molecular formula is C13H19NO6S. The van der Waals surface area contributed by atoms with Crippen LogP contribution in [0.1, 0.15) is 35.2 Å². The van der Waals surface area contributed by atoms with Gasteiger partial charge in [-0.3, -0.25) is 0 Å². The lowest BCUT2D eigenvalue weighted by Crippen LogP contribution is -2.41. The summed E-state index contributed by atoms with van der Waals surface area (Å²) < 4.78 is 37.3. The van der Waals surface area contributed by atoms with Crippen molar-refractivity contribution in [2.45, 2.75) is 44.2 Å². The van der Waals surface area contributed by atoms with Crippen molar-refractivity contribution in [2.75, 3.05) is 13.7 Å². The van der Waals surface area contributed by atoms with Crippen LogP contribution in [-0.2, 0) is 14.8 Å². The van der Waals surface area contributed by atoms with Gasteiger partial charge in [-0.15, -0.1) is 0 Å². The van der Waals surface area contributed by atoms with Crippen molar-refractivity contribution < 1.29 is 27.5 Å². The van der Waals surface area contributed by atoms with E-state index in [-0.39, 0.29) is 34.1 Å². The first-order valence-corrected chi connectivity index (χ1v) is 8.04. The van der Waals surface area contributed by atoms with E-state index in [1.54, 1.807) is 6.92 Å². The zero-order valence-corrected chi connectivity index (χ0v) is 13.2. The van der Waals surface area contributed by atoms with Gasteiger partial charge in [-0.05, 0) is 27.2 Å². The van der Waals surface area contributed by atoms with Crippen LogP contribution in [-0.4, -0.2) is 49.6 Å². The molecule has 2 unspecified atom stereocenters. The summed E-state index contributed by atoms with van der Waals surface area (Å²) in [6.07, 6.45) is 0.348. The lowest BCUT2D eigenvalue weighted by atomic mass is 10.2. The summed E-state index contributed by atoms with van der Waals surface area (Å²) in [5.41, 5.74) is -0.300. The second-order valence-electron chi connectivity index (χ2n) is 5.18. The minimum atomic E-state index is -3.96. The minimum Gasteiger partial charge on any atom is -0.478 e. The van der Waals surface area contributed by atoms with Crippen molar-refractivity contribution in [3.63, 3.8) is 0 Å². The Morgan fingerprint density at radius 3 is 2.43 bits per heavy atom. The fourth-order valence-corrected chi connectivity index (χ4v) is 4.56. The molecule has 1 aliphatic rings. The predicted molar refractivity (Wildman–Crippen MR) is 73.9 cm³/mol. The Labute approximate surface area is 123 Å². The maximum absolute atomic E-state index is 12.8. The third-order valence-electron chi connectivity index (χ3n) is 3.86. The topological polar surface area (TPSA) is 97.0 Å². The van der Waals surface area contributed by atoms with Crippen LogP contribution in [0.2, 0.25) is 0 Å². The number of hydrogen-bond donors (Lipinski definition) is 1. The number of carbonyl (C=O) groups is 1. The lowest BCUT2D eigenvalue weighted by Gasteiger charge is -2.26. The number of rotatable bonds is 4. The first-order valence-electron chi connectivity index (χ1n) is 6.60. The Morgan fingerprint density at radius 1 is 1.33 bits per heavy atom. The molecule has 7 nitrogen and oxygen atoms in total. The van der Waals surface area contributed by atoms with Crippen molar-refractivity contribution in [3.05, 3.63) is 17.1 Å². The number of sulfonamides is 1. The number of aromatic carboxylic acids is 1. The van der Waals surface area contributed by atoms with E-state index in [9.17, 15) is 18.3 Å². The van der Waals surface area contributed by atoms with E-state index < -0.39 is 16.0 Å². The highest BCUT2D eigenvalue weighted by Gasteiger charge is 2.39. The summed E-state index contributed by atoms with van der Waals surface area (Å²) in [6, 6.07) is -0.314. The second-order valence-corrected chi connectivity index (χ2v) is 7.11. The summed E-state index contributed by atoms with van der Waals surface area (Å²) in [6.45, 7) is 5.18. The highest BCUT2D eigenvalue weighted by molar-refractivity contribution is 7.89. The van der Waals surface area contributed by atoms with Gasteiger partial charge < -0.3 is 14.3 Å². The molecule has 118 valence electrons. The van der Waals surface area contributed by atoms with E-state index in [0.29, 0.717) is 13.0 Å². The number of furan rings is 1. The fourth-order valence-electron chi connectivity index (χ4n) is 2.74. The summed E-state index contributed by atoms with van der Waals surface area (Å²) in [7, 11) is -2.52. The Bertz CT molecular complexity index is 662. The summed E-state index contributed by atoms with van der Waals surface area (Å²) in [4.78, 5) is 11.1. The Balaban J connectivity index is 2.52. The standard InChI is InChI=1S/C13H19NO6S/c1-7-10(5-6-19-7)14(4)21(17,18)12-9(3)20-8(2)11(12)13(15)16/h7,10H,5-6H2,1-4H3,(H,15,16). The van der Waals surface area contributed by atoms with Gasteiger partial charge in [0.2, 0.25) is 10.0 Å². The Hall–Kier alpha value is -1.38. The molecule has 1 aliphatic heterocycles. The monoisotopic (exact) mass is 317 g/mol. The average Bonchev–Trinajstić information content (AvgIpc) is 2.91. The van der Waals surface area contributed by atoms with Gasteiger partial charge in [-0.25, -0.2) is 13.2 Å². The van der Waals surface area contributed by atoms with Crippen LogP contribution in [0.3, 0.4) is 0 Å². The average molecular weight is 317 g/mol. The van der Waals surface area contributed by atoms with Crippen molar-refractivity contribution in [1.29, 1.82) is 0 Å². The molecule has 1 aromatic rings. The van der Waals surface area contributed by atoms with Crippen LogP contribution in [0, 0.1) is 13.8 Å². The lowest BCUT2D eigenvalue weighted by molar-refractivity contribution is 0.0691. The largest absolute Gasteiger partial charge is 0.478 e. The van der Waals surface area contributed by atoms with Crippen molar-refractivity contribution >= 4 is 16.0 Å². The van der Waals surface area contributed by atoms with Gasteiger partial charge in [-0.2, -0.15) is 4.31 Å². The van der Waals surface area contributed by atoms with Crippen LogP contribution in [0.25, 0.3) is 0 Å². The molecule has 0 saturated carbocycles. The number of carboxylic acids is 1. The number of hydrogen-bond acceptors (Lipinski definition) is 5. The van der Waals surface area contributed by atoms with Crippen LogP contribution in [0.15, 0.2) is 9.31 Å². The van der Waals surface area contributed by atoms with E-state index >= 15 is 0 Å². The highest BCUT2D eigenvalue weighted by Crippen LogP contribution is 2.31. The second kappa shape index (κ2) is 5.43. The van der Waals surface area contributed by atoms with Crippen LogP contribution in [0.5, 0.6) is 0 Å². The first kappa shape index (κ1) is 16.0. The van der Waals surface area contributed by atoms with E-state index in [1.807, 2.05) is 0 Å². The molecule has 1 saturated heterocycles. The molecule has 0 radical (unpaired) electrons. The number of carboxylic acid groups (broad SMARTS) is 1. The van der Waals surface area contributed by atoms with Crippen molar-refractivity contribution in [3.8, 4) is 0 Å². The molecule has 0 spiro atoms. The maximum atomic E-state index is 12.8. The van der Waals surface area contributed by atoms with E-state index in [0.717, 1.165) is 0 Å². The maximum Gasteiger partial charge on any atom is 0.340 e. The third kappa shape index (κ3) is 2.58. The van der Waals surface area contributed by atoms with Gasteiger partial charge >= 0.3 is 5.97 Å². The van der Waals surface area contributed by atoms with Crippen LogP contribution < -0.4 is 0 Å². The molecule has 2 rings (SSSR count). The molecule has 21 heavy (non-hydrogen) atoms. The number of likely N-dealkylation sites (N-methyl/N-ethyl adjacent to an activating group) is 1. The molecule has 0 aliphatic carbocycles. The van der Waals surface area contributed by atoms with E-state index in [1.165, 1.54) is 25.2 Å². The molecule has 8 heteroatoms. The van der Waals surface area contributed by atoms with Gasteiger partial charge in [0.25, 0.3) is 0 Å². The third-order valence-corrected chi connectivity index (χ3v) is 5.90. The molecule has 1 aromatic heterocycles. The van der Waals surface area contributed by atoms with Crippen LogP contribution >= 0.6 is 0 Å². The zero-order valence-electron chi connectivity index (χ0n) is 12.4. The van der Waals surface area contributed by atoms with E-state index in [4.69, 9.17) is 9.15 Å². The van der Waals surface area contributed by atoms with E-state index in [2.05, 4.69) is 0 Å². The SMILES string of the molecule is Cc1oc(C)c(S(=O)(=O)N(C)C2CCOC2C)c1C(=O)O. The highest BCUT2D eigenvalue weighted by atomic mass is 32.2. The van der Waals surface area contributed by atoms with Crippen molar-refractivity contribution in [2.24, 2.45) is 0 Å². The molecule has 2 heterocycles. The number of ether oxygens (including phenoxy) is 1. The predicted octanol–water partition coefficient (Wildman–Crippen LogP) is 1.39. The van der Waals surface area contributed by atoms with Gasteiger partial charge in [-0.1, -0.05) is 0 Å². The molecule has 0 amide bonds. The number of nitrogens with zero attached hydrogens (tertiary/aromatic N) is 1. The Kier molecular flexibility index (Phi) is 4.14. The minimum absolute atomic E-state index is 0.0858. The normalized spacial score (nSPS) is 22.9. The molecule has 1 N–H and O–H groups in total. The Morgan fingerprint density at radius 2 is 1.95 bits per heavy atom. The van der Waals surface area contributed by atoms with Gasteiger partial charge in [0.05, 0.1) is 12.1 Å². The first-order chi connectivity index (χ1) is 9.67. The van der Waals surface area contributed by atoms with Crippen LogP contribution in [0.4, 0.5) is 0 Å². The quantitative estimate of drug-likeness (QED) is 0.901. The fraction of sp³-hybridized carbons (Fsp3) is 0.615. The van der Waals surface area contributed by atoms with Gasteiger partial charge in [0.1, 0.15) is 22.0 Å². The molecular weight excluding hydrogens is 298 g/mol. The molecule has 1 fully saturated rings. The molecule has 0 bridgehead atoms. The summed E-state index contributed by atoms with van der Waals surface area (Å²) in [5.74, 6) is -1.14. The van der Waals surface area contributed by atoms with Gasteiger partial charge in [0.15, 0.2) is 0 Å². The smallest absolute Gasteiger partial charge is 0.340 e. The molecule has 2 atom stereocenters. The summed E-state index contributed by atoms with van der Waals surface area (Å²) in [5, 5.41) is 9.25. The summed E-state index contributed by atoms with van der Waals surface area (Å²) >= 11 is 0. The van der Waals surface area contributed by atoms with Crippen molar-refractivity contribution in [1.82, 2.24) is 4.31 Å². The molecule has 0 aromatic carbocycles. The van der Waals surface area contributed by atoms with Gasteiger partial charge in [0, 0.05) is 13.7 Å². The zero-order chi connectivity index (χ0) is 15.9.